The molecule has 1 aliphatic heterocycles. The number of aromatic nitrogens is 2. The van der Waals surface area contributed by atoms with Crippen LogP contribution in [0.1, 0.15) is 18.4 Å². The molecule has 128 valence electrons. The molecule has 1 fully saturated rings. The van der Waals surface area contributed by atoms with Crippen LogP contribution in [0.3, 0.4) is 0 Å². The van der Waals surface area contributed by atoms with E-state index in [1.54, 1.807) is 12.1 Å². The minimum atomic E-state index is -0.546. The molecule has 3 rings (SSSR count). The van der Waals surface area contributed by atoms with Crippen LogP contribution in [0.2, 0.25) is 0 Å². The average molecular weight is 420 g/mol. The summed E-state index contributed by atoms with van der Waals surface area (Å²) in [5.41, 5.74) is 0.557. The number of carbonyl (C=O) groups is 1. The summed E-state index contributed by atoms with van der Waals surface area (Å²) in [5.74, 6) is -0.459. The number of anilines is 2. The number of halogens is 1. The van der Waals surface area contributed by atoms with Gasteiger partial charge >= 0.3 is 0 Å². The fourth-order valence-electron chi connectivity index (χ4n) is 2.39. The number of nitriles is 1. The third-order valence-electron chi connectivity index (χ3n) is 3.66. The van der Waals surface area contributed by atoms with Crippen molar-refractivity contribution in [2.24, 2.45) is 0 Å². The van der Waals surface area contributed by atoms with E-state index in [1.165, 1.54) is 23.5 Å². The molecular weight excluding hydrogens is 406 g/mol. The summed E-state index contributed by atoms with van der Waals surface area (Å²) in [7, 11) is 0. The van der Waals surface area contributed by atoms with E-state index in [-0.39, 0.29) is 11.3 Å². The predicted octanol–water partition coefficient (Wildman–Crippen LogP) is 3.15. The fourth-order valence-corrected chi connectivity index (χ4v) is 3.58. The lowest BCUT2D eigenvalue weighted by Gasteiger charge is -2.10. The standard InChI is InChI=1S/C16H14BrN5O2S/c17-12-8-10(3-4-13(12)23)7-11(9-18)14(24)19-15-20-21-16(25-15)22-5-1-2-6-22/h3-4,7-8,23H,1-2,5-6H2,(H,19,20,24)/b11-7-. The van der Waals surface area contributed by atoms with Crippen molar-refractivity contribution in [1.29, 1.82) is 5.26 Å². The summed E-state index contributed by atoms with van der Waals surface area (Å²) >= 11 is 4.49. The van der Waals surface area contributed by atoms with Gasteiger partial charge in [-0.25, -0.2) is 0 Å². The number of hydrogen-bond donors (Lipinski definition) is 2. The van der Waals surface area contributed by atoms with Crippen molar-refractivity contribution >= 4 is 49.5 Å². The molecule has 1 aromatic carbocycles. The summed E-state index contributed by atoms with van der Waals surface area (Å²) in [5, 5.41) is 30.6. The lowest BCUT2D eigenvalue weighted by molar-refractivity contribution is -0.112. The second-order valence-corrected chi connectivity index (χ2v) is 7.23. The van der Waals surface area contributed by atoms with E-state index < -0.39 is 5.91 Å². The molecule has 25 heavy (non-hydrogen) atoms. The highest BCUT2D eigenvalue weighted by Crippen LogP contribution is 2.28. The highest BCUT2D eigenvalue weighted by molar-refractivity contribution is 9.10. The normalized spacial score (nSPS) is 14.4. The maximum atomic E-state index is 12.3. The van der Waals surface area contributed by atoms with Crippen molar-refractivity contribution in [3.63, 3.8) is 0 Å². The summed E-state index contributed by atoms with van der Waals surface area (Å²) in [6.07, 6.45) is 3.71. The molecule has 0 unspecified atom stereocenters. The van der Waals surface area contributed by atoms with Crippen LogP contribution in [0.4, 0.5) is 10.3 Å². The average Bonchev–Trinajstić information content (AvgIpc) is 3.27. The maximum absolute atomic E-state index is 12.3. The van der Waals surface area contributed by atoms with Crippen molar-refractivity contribution < 1.29 is 9.90 Å². The molecule has 1 saturated heterocycles. The molecule has 0 saturated carbocycles. The Morgan fingerprint density at radius 2 is 2.16 bits per heavy atom. The Bertz CT molecular complexity index is 868. The molecule has 7 nitrogen and oxygen atoms in total. The zero-order valence-electron chi connectivity index (χ0n) is 13.1. The number of aromatic hydroxyl groups is 1. The number of amides is 1. The first-order chi connectivity index (χ1) is 12.1. The molecule has 2 aromatic rings. The van der Waals surface area contributed by atoms with E-state index in [1.807, 2.05) is 6.07 Å². The lowest BCUT2D eigenvalue weighted by atomic mass is 10.1. The maximum Gasteiger partial charge on any atom is 0.268 e. The number of rotatable bonds is 4. The van der Waals surface area contributed by atoms with Gasteiger partial charge in [-0.3, -0.25) is 10.1 Å². The highest BCUT2D eigenvalue weighted by Gasteiger charge is 2.18. The zero-order valence-corrected chi connectivity index (χ0v) is 15.5. The number of nitrogens with zero attached hydrogens (tertiary/aromatic N) is 4. The molecule has 1 amide bonds. The van der Waals surface area contributed by atoms with Gasteiger partial charge in [-0.1, -0.05) is 17.4 Å². The molecule has 9 heteroatoms. The Labute approximate surface area is 156 Å². The number of hydrogen-bond acceptors (Lipinski definition) is 7. The van der Waals surface area contributed by atoms with Crippen molar-refractivity contribution in [3.05, 3.63) is 33.8 Å². The second kappa shape index (κ2) is 7.63. The van der Waals surface area contributed by atoms with E-state index >= 15 is 0 Å². The molecule has 1 aromatic heterocycles. The van der Waals surface area contributed by atoms with Crippen LogP contribution in [-0.4, -0.2) is 34.3 Å². The third-order valence-corrected chi connectivity index (χ3v) is 5.19. The van der Waals surface area contributed by atoms with Crippen molar-refractivity contribution in [2.75, 3.05) is 23.3 Å². The number of phenolic OH excluding ortho intramolecular Hbond substituents is 1. The quantitative estimate of drug-likeness (QED) is 0.582. The van der Waals surface area contributed by atoms with Crippen LogP contribution in [0.25, 0.3) is 6.08 Å². The van der Waals surface area contributed by atoms with Crippen LogP contribution >= 0.6 is 27.3 Å². The Balaban J connectivity index is 1.73. The smallest absolute Gasteiger partial charge is 0.268 e. The first-order valence-electron chi connectivity index (χ1n) is 7.57. The van der Waals surface area contributed by atoms with Gasteiger partial charge in [0.1, 0.15) is 17.4 Å². The van der Waals surface area contributed by atoms with Gasteiger partial charge in [-0.2, -0.15) is 5.26 Å². The SMILES string of the molecule is N#C/C(=C/c1ccc(O)c(Br)c1)C(=O)Nc1nnc(N2CCCC2)s1. The molecule has 0 spiro atoms. The van der Waals surface area contributed by atoms with Gasteiger partial charge in [0.25, 0.3) is 5.91 Å². The molecule has 0 aliphatic carbocycles. The minimum absolute atomic E-state index is 0.0597. The number of carbonyl (C=O) groups excluding carboxylic acids is 1. The van der Waals surface area contributed by atoms with Crippen LogP contribution < -0.4 is 10.2 Å². The van der Waals surface area contributed by atoms with Gasteiger partial charge < -0.3 is 10.0 Å². The largest absolute Gasteiger partial charge is 0.507 e. The summed E-state index contributed by atoms with van der Waals surface area (Å²) < 4.78 is 0.485. The van der Waals surface area contributed by atoms with Gasteiger partial charge in [0.15, 0.2) is 0 Å². The van der Waals surface area contributed by atoms with Gasteiger partial charge in [-0.15, -0.1) is 10.2 Å². The van der Waals surface area contributed by atoms with Crippen LogP contribution in [0.15, 0.2) is 28.2 Å². The molecule has 0 bridgehead atoms. The van der Waals surface area contributed by atoms with E-state index in [0.29, 0.717) is 15.2 Å². The van der Waals surface area contributed by atoms with Crippen molar-refractivity contribution in [1.82, 2.24) is 10.2 Å². The number of benzene rings is 1. The van der Waals surface area contributed by atoms with Crippen LogP contribution in [0, 0.1) is 11.3 Å². The Morgan fingerprint density at radius 1 is 1.40 bits per heavy atom. The molecular formula is C16H14BrN5O2S. The van der Waals surface area contributed by atoms with E-state index in [4.69, 9.17) is 0 Å². The molecule has 0 radical (unpaired) electrons. The summed E-state index contributed by atoms with van der Waals surface area (Å²) in [6, 6.07) is 6.60. The third kappa shape index (κ3) is 4.15. The summed E-state index contributed by atoms with van der Waals surface area (Å²) in [4.78, 5) is 14.4. The predicted molar refractivity (Wildman–Crippen MR) is 99.4 cm³/mol. The zero-order chi connectivity index (χ0) is 17.8. The molecule has 1 aliphatic rings. The van der Waals surface area contributed by atoms with E-state index in [2.05, 4.69) is 36.3 Å². The number of phenols is 1. The molecule has 2 N–H and O–H groups in total. The fraction of sp³-hybridized carbons (Fsp3) is 0.250. The Hall–Kier alpha value is -2.44. The van der Waals surface area contributed by atoms with Gasteiger partial charge in [-0.05, 0) is 52.5 Å². The van der Waals surface area contributed by atoms with E-state index in [0.717, 1.165) is 31.1 Å². The highest BCUT2D eigenvalue weighted by atomic mass is 79.9. The monoisotopic (exact) mass is 419 g/mol. The van der Waals surface area contributed by atoms with Gasteiger partial charge in [0.05, 0.1) is 4.47 Å². The first-order valence-corrected chi connectivity index (χ1v) is 9.18. The van der Waals surface area contributed by atoms with Gasteiger partial charge in [0.2, 0.25) is 10.3 Å². The topological polar surface area (TPSA) is 102 Å². The second-order valence-electron chi connectivity index (χ2n) is 5.42. The molecule has 0 atom stereocenters. The van der Waals surface area contributed by atoms with Crippen LogP contribution in [0.5, 0.6) is 5.75 Å². The Morgan fingerprint density at radius 3 is 2.84 bits per heavy atom. The first kappa shape index (κ1) is 17.4. The van der Waals surface area contributed by atoms with Crippen molar-refractivity contribution in [2.45, 2.75) is 12.8 Å². The number of nitrogens with one attached hydrogen (secondary N) is 1. The molecule has 2 heterocycles. The van der Waals surface area contributed by atoms with E-state index in [9.17, 15) is 15.2 Å². The minimum Gasteiger partial charge on any atom is -0.507 e. The Kier molecular flexibility index (Phi) is 5.31. The summed E-state index contributed by atoms with van der Waals surface area (Å²) in [6.45, 7) is 1.89. The van der Waals surface area contributed by atoms with Gasteiger partial charge in [0, 0.05) is 13.1 Å². The lowest BCUT2D eigenvalue weighted by Crippen LogP contribution is -2.17. The van der Waals surface area contributed by atoms with Crippen molar-refractivity contribution in [3.8, 4) is 11.8 Å². The van der Waals surface area contributed by atoms with Crippen LogP contribution in [-0.2, 0) is 4.79 Å².